The van der Waals surface area contributed by atoms with E-state index in [1.54, 1.807) is 6.07 Å². The van der Waals surface area contributed by atoms with E-state index < -0.39 is 6.04 Å². The van der Waals surface area contributed by atoms with Crippen molar-refractivity contribution in [1.82, 2.24) is 0 Å². The van der Waals surface area contributed by atoms with Crippen molar-refractivity contribution < 1.29 is 4.39 Å². The SMILES string of the molecule is Cc1ccc(F)c(C(N)c2ccc(Br)cc2C)c1. The molecule has 1 atom stereocenters. The molecule has 0 radical (unpaired) electrons. The van der Waals surface area contributed by atoms with Crippen LogP contribution in [0, 0.1) is 19.7 Å². The van der Waals surface area contributed by atoms with E-state index in [0.29, 0.717) is 5.56 Å². The summed E-state index contributed by atoms with van der Waals surface area (Å²) < 4.78 is 14.8. The second-order valence-electron chi connectivity index (χ2n) is 4.50. The summed E-state index contributed by atoms with van der Waals surface area (Å²) >= 11 is 3.41. The van der Waals surface area contributed by atoms with Gasteiger partial charge in [-0.25, -0.2) is 4.39 Å². The maximum Gasteiger partial charge on any atom is 0.128 e. The lowest BCUT2D eigenvalue weighted by Gasteiger charge is -2.16. The summed E-state index contributed by atoms with van der Waals surface area (Å²) in [5.74, 6) is -0.254. The van der Waals surface area contributed by atoms with Gasteiger partial charge in [0.2, 0.25) is 0 Å². The highest BCUT2D eigenvalue weighted by Crippen LogP contribution is 2.27. The molecule has 1 unspecified atom stereocenters. The summed E-state index contributed by atoms with van der Waals surface area (Å²) in [6.45, 7) is 3.91. The molecule has 1 nitrogen and oxygen atoms in total. The van der Waals surface area contributed by atoms with Crippen LogP contribution in [0.5, 0.6) is 0 Å². The van der Waals surface area contributed by atoms with Crippen molar-refractivity contribution in [3.63, 3.8) is 0 Å². The zero-order chi connectivity index (χ0) is 13.3. The van der Waals surface area contributed by atoms with E-state index in [1.165, 1.54) is 6.07 Å². The zero-order valence-corrected chi connectivity index (χ0v) is 12.0. The van der Waals surface area contributed by atoms with Crippen molar-refractivity contribution in [3.8, 4) is 0 Å². The Morgan fingerprint density at radius 3 is 2.44 bits per heavy atom. The highest BCUT2D eigenvalue weighted by atomic mass is 79.9. The van der Waals surface area contributed by atoms with Crippen LogP contribution in [0.15, 0.2) is 40.9 Å². The summed E-state index contributed by atoms with van der Waals surface area (Å²) in [7, 11) is 0. The summed E-state index contributed by atoms with van der Waals surface area (Å²) in [5, 5.41) is 0. The van der Waals surface area contributed by atoms with Crippen molar-refractivity contribution in [3.05, 3.63) is 68.9 Å². The molecule has 2 aromatic rings. The molecule has 2 rings (SSSR count). The van der Waals surface area contributed by atoms with E-state index in [-0.39, 0.29) is 5.82 Å². The zero-order valence-electron chi connectivity index (χ0n) is 10.4. The van der Waals surface area contributed by atoms with Gasteiger partial charge in [-0.3, -0.25) is 0 Å². The fourth-order valence-corrected chi connectivity index (χ4v) is 2.53. The fourth-order valence-electron chi connectivity index (χ4n) is 2.06. The maximum absolute atomic E-state index is 13.8. The van der Waals surface area contributed by atoms with Gasteiger partial charge in [0, 0.05) is 10.0 Å². The first-order valence-corrected chi connectivity index (χ1v) is 6.56. The largest absolute Gasteiger partial charge is 0.320 e. The van der Waals surface area contributed by atoms with Crippen LogP contribution in [-0.4, -0.2) is 0 Å². The molecule has 18 heavy (non-hydrogen) atoms. The van der Waals surface area contributed by atoms with Crippen LogP contribution in [-0.2, 0) is 0 Å². The number of benzene rings is 2. The number of hydrogen-bond acceptors (Lipinski definition) is 1. The van der Waals surface area contributed by atoms with Gasteiger partial charge in [-0.05, 0) is 43.2 Å². The van der Waals surface area contributed by atoms with Crippen LogP contribution in [0.3, 0.4) is 0 Å². The molecule has 0 aliphatic rings. The van der Waals surface area contributed by atoms with Gasteiger partial charge in [0.15, 0.2) is 0 Å². The molecule has 0 fully saturated rings. The Bertz CT molecular complexity index is 581. The molecule has 2 N–H and O–H groups in total. The van der Waals surface area contributed by atoms with Gasteiger partial charge in [-0.15, -0.1) is 0 Å². The lowest BCUT2D eigenvalue weighted by atomic mass is 9.94. The van der Waals surface area contributed by atoms with Gasteiger partial charge < -0.3 is 5.73 Å². The average molecular weight is 308 g/mol. The molecule has 94 valence electrons. The minimum Gasteiger partial charge on any atom is -0.320 e. The average Bonchev–Trinajstić information content (AvgIpc) is 2.31. The number of halogens is 2. The van der Waals surface area contributed by atoms with Crippen LogP contribution < -0.4 is 5.73 Å². The van der Waals surface area contributed by atoms with Gasteiger partial charge in [0.05, 0.1) is 6.04 Å². The predicted molar refractivity (Wildman–Crippen MR) is 76.0 cm³/mol. The highest BCUT2D eigenvalue weighted by molar-refractivity contribution is 9.10. The molecule has 2 aromatic carbocycles. The Morgan fingerprint density at radius 1 is 1.06 bits per heavy atom. The molecule has 0 aromatic heterocycles. The minimum atomic E-state index is -0.432. The molecule has 0 aliphatic carbocycles. The summed E-state index contributed by atoms with van der Waals surface area (Å²) in [4.78, 5) is 0. The normalized spacial score (nSPS) is 12.5. The van der Waals surface area contributed by atoms with Crippen molar-refractivity contribution in [2.45, 2.75) is 19.9 Å². The van der Waals surface area contributed by atoms with Crippen molar-refractivity contribution in [2.75, 3.05) is 0 Å². The van der Waals surface area contributed by atoms with E-state index in [4.69, 9.17) is 5.73 Å². The molecule has 0 spiro atoms. The lowest BCUT2D eigenvalue weighted by molar-refractivity contribution is 0.598. The van der Waals surface area contributed by atoms with Crippen LogP contribution in [0.1, 0.15) is 28.3 Å². The maximum atomic E-state index is 13.8. The van der Waals surface area contributed by atoms with E-state index in [0.717, 1.165) is 21.2 Å². The molecule has 0 amide bonds. The van der Waals surface area contributed by atoms with Gasteiger partial charge in [0.1, 0.15) is 5.82 Å². The number of rotatable bonds is 2. The summed E-state index contributed by atoms with van der Waals surface area (Å²) in [6.07, 6.45) is 0. The molecular formula is C15H15BrFN. The lowest BCUT2D eigenvalue weighted by Crippen LogP contribution is -2.15. The minimum absolute atomic E-state index is 0.254. The Morgan fingerprint density at radius 2 is 1.78 bits per heavy atom. The standard InChI is InChI=1S/C15H15BrFN/c1-9-3-6-14(17)13(7-9)15(18)12-5-4-11(16)8-10(12)2/h3-8,15H,18H2,1-2H3. The van der Waals surface area contributed by atoms with Gasteiger partial charge in [-0.2, -0.15) is 0 Å². The van der Waals surface area contributed by atoms with Gasteiger partial charge >= 0.3 is 0 Å². The van der Waals surface area contributed by atoms with Crippen LogP contribution in [0.25, 0.3) is 0 Å². The third-order valence-corrected chi connectivity index (χ3v) is 3.55. The molecule has 0 bridgehead atoms. The second kappa shape index (κ2) is 5.21. The van der Waals surface area contributed by atoms with Crippen molar-refractivity contribution in [1.29, 1.82) is 0 Å². The Balaban J connectivity index is 2.47. The van der Waals surface area contributed by atoms with Crippen LogP contribution in [0.2, 0.25) is 0 Å². The molecular weight excluding hydrogens is 293 g/mol. The van der Waals surface area contributed by atoms with E-state index in [1.807, 2.05) is 38.1 Å². The smallest absolute Gasteiger partial charge is 0.128 e. The van der Waals surface area contributed by atoms with E-state index in [9.17, 15) is 4.39 Å². The molecule has 0 aliphatic heterocycles. The van der Waals surface area contributed by atoms with E-state index >= 15 is 0 Å². The Labute approximate surface area is 115 Å². The summed E-state index contributed by atoms with van der Waals surface area (Å²) in [6, 6.07) is 10.4. The molecule has 0 saturated carbocycles. The molecule has 0 heterocycles. The van der Waals surface area contributed by atoms with Gasteiger partial charge in [0.25, 0.3) is 0 Å². The predicted octanol–water partition coefficient (Wildman–Crippen LogP) is 4.25. The van der Waals surface area contributed by atoms with Gasteiger partial charge in [-0.1, -0.05) is 39.7 Å². The fraction of sp³-hybridized carbons (Fsp3) is 0.200. The summed E-state index contributed by atoms with van der Waals surface area (Å²) in [5.41, 5.74) is 9.73. The van der Waals surface area contributed by atoms with E-state index in [2.05, 4.69) is 15.9 Å². The van der Waals surface area contributed by atoms with Crippen molar-refractivity contribution in [2.24, 2.45) is 5.73 Å². The van der Waals surface area contributed by atoms with Crippen LogP contribution in [0.4, 0.5) is 4.39 Å². The number of aryl methyl sites for hydroxylation is 2. The quantitative estimate of drug-likeness (QED) is 0.881. The second-order valence-corrected chi connectivity index (χ2v) is 5.42. The third kappa shape index (κ3) is 2.62. The van der Waals surface area contributed by atoms with Crippen LogP contribution >= 0.6 is 15.9 Å². The monoisotopic (exact) mass is 307 g/mol. The third-order valence-electron chi connectivity index (χ3n) is 3.05. The highest BCUT2D eigenvalue weighted by Gasteiger charge is 2.15. The Kier molecular flexibility index (Phi) is 3.83. The first kappa shape index (κ1) is 13.2. The first-order valence-electron chi connectivity index (χ1n) is 5.76. The molecule has 0 saturated heterocycles. The Hall–Kier alpha value is -1.19. The number of nitrogens with two attached hydrogens (primary N) is 1. The topological polar surface area (TPSA) is 26.0 Å². The number of hydrogen-bond donors (Lipinski definition) is 1. The molecule has 3 heteroatoms. The van der Waals surface area contributed by atoms with Crippen molar-refractivity contribution >= 4 is 15.9 Å². The first-order chi connectivity index (χ1) is 8.49.